The van der Waals surface area contributed by atoms with E-state index in [2.05, 4.69) is 31.5 Å². The minimum Gasteiger partial charge on any atom is -0.372 e. The summed E-state index contributed by atoms with van der Waals surface area (Å²) in [6.07, 6.45) is 3.84. The van der Waals surface area contributed by atoms with Crippen LogP contribution in [0.25, 0.3) is 0 Å². The summed E-state index contributed by atoms with van der Waals surface area (Å²) in [5.41, 5.74) is 0.582. The van der Waals surface area contributed by atoms with Crippen LogP contribution in [-0.2, 0) is 0 Å². The van der Waals surface area contributed by atoms with Crippen LogP contribution in [0.4, 0.5) is 5.82 Å². The highest BCUT2D eigenvalue weighted by atomic mass is 79.9. The number of amides is 1. The summed E-state index contributed by atoms with van der Waals surface area (Å²) in [6, 6.07) is 2.14. The highest BCUT2D eigenvalue weighted by Gasteiger charge is 2.25. The summed E-state index contributed by atoms with van der Waals surface area (Å²) >= 11 is 3.31. The number of nitrogens with one attached hydrogen (secondary N) is 2. The first-order chi connectivity index (χ1) is 7.20. The van der Waals surface area contributed by atoms with Crippen molar-refractivity contribution in [2.24, 2.45) is 0 Å². The van der Waals surface area contributed by atoms with Gasteiger partial charge in [-0.2, -0.15) is 0 Å². The molecule has 0 aromatic carbocycles. The van der Waals surface area contributed by atoms with Gasteiger partial charge in [0, 0.05) is 23.8 Å². The number of hydrogen-bond acceptors (Lipinski definition) is 3. The van der Waals surface area contributed by atoms with E-state index in [1.807, 2.05) is 0 Å². The fourth-order valence-electron chi connectivity index (χ4n) is 1.30. The molecule has 1 heterocycles. The number of rotatable bonds is 3. The predicted molar refractivity (Wildman–Crippen MR) is 62.0 cm³/mol. The van der Waals surface area contributed by atoms with Crippen molar-refractivity contribution in [1.29, 1.82) is 0 Å². The zero-order chi connectivity index (χ0) is 10.8. The molecule has 1 aromatic rings. The van der Waals surface area contributed by atoms with Gasteiger partial charge in [-0.1, -0.05) is 0 Å². The summed E-state index contributed by atoms with van der Waals surface area (Å²) in [6.45, 7) is 0. The summed E-state index contributed by atoms with van der Waals surface area (Å²) in [4.78, 5) is 15.9. The van der Waals surface area contributed by atoms with Crippen molar-refractivity contribution in [3.8, 4) is 0 Å². The average Bonchev–Trinajstić information content (AvgIpc) is 3.01. The van der Waals surface area contributed by atoms with Crippen LogP contribution in [0.1, 0.15) is 23.2 Å². The molecule has 0 unspecified atom stereocenters. The average molecular weight is 270 g/mol. The van der Waals surface area contributed by atoms with Crippen LogP contribution < -0.4 is 10.6 Å². The van der Waals surface area contributed by atoms with E-state index in [1.165, 1.54) is 0 Å². The number of anilines is 1. The first kappa shape index (κ1) is 10.4. The Labute approximate surface area is 96.6 Å². The topological polar surface area (TPSA) is 54.0 Å². The second-order valence-electron chi connectivity index (χ2n) is 3.55. The summed E-state index contributed by atoms with van der Waals surface area (Å²) in [5.74, 6) is 0.548. The molecule has 0 spiro atoms. The molecule has 1 saturated carbocycles. The van der Waals surface area contributed by atoms with Gasteiger partial charge >= 0.3 is 0 Å². The lowest BCUT2D eigenvalue weighted by atomic mass is 10.2. The largest absolute Gasteiger partial charge is 0.372 e. The van der Waals surface area contributed by atoms with E-state index < -0.39 is 0 Å². The highest BCUT2D eigenvalue weighted by Crippen LogP contribution is 2.22. The lowest BCUT2D eigenvalue weighted by Gasteiger charge is -2.08. The SMILES string of the molecule is CNc1ncc(Br)cc1C(=O)NC1CC1. The van der Waals surface area contributed by atoms with Gasteiger partial charge in [-0.15, -0.1) is 0 Å². The van der Waals surface area contributed by atoms with Crippen molar-refractivity contribution in [2.75, 3.05) is 12.4 Å². The molecule has 15 heavy (non-hydrogen) atoms. The van der Waals surface area contributed by atoms with E-state index in [0.717, 1.165) is 17.3 Å². The maximum atomic E-state index is 11.8. The third kappa shape index (κ3) is 2.47. The minimum atomic E-state index is -0.0596. The van der Waals surface area contributed by atoms with Crippen molar-refractivity contribution in [2.45, 2.75) is 18.9 Å². The third-order valence-corrected chi connectivity index (χ3v) is 2.68. The number of halogens is 1. The number of carbonyl (C=O) groups excluding carboxylic acids is 1. The third-order valence-electron chi connectivity index (χ3n) is 2.25. The first-order valence-electron chi connectivity index (χ1n) is 4.85. The standard InChI is InChI=1S/C10H12BrN3O/c1-12-9-8(4-6(11)5-13-9)10(15)14-7-2-3-7/h4-5,7H,2-3H2,1H3,(H,12,13)(H,14,15). The summed E-state index contributed by atoms with van der Waals surface area (Å²) < 4.78 is 0.808. The van der Waals surface area contributed by atoms with Gasteiger partial charge in [-0.3, -0.25) is 4.79 Å². The number of pyridine rings is 1. The molecule has 0 atom stereocenters. The fourth-order valence-corrected chi connectivity index (χ4v) is 1.63. The molecule has 1 fully saturated rings. The van der Waals surface area contributed by atoms with Gasteiger partial charge in [0.05, 0.1) is 5.56 Å². The van der Waals surface area contributed by atoms with Crippen LogP contribution in [-0.4, -0.2) is 24.0 Å². The molecule has 1 aliphatic carbocycles. The van der Waals surface area contributed by atoms with E-state index >= 15 is 0 Å². The second kappa shape index (κ2) is 4.18. The van der Waals surface area contributed by atoms with Gasteiger partial charge in [-0.05, 0) is 34.8 Å². The van der Waals surface area contributed by atoms with Crippen LogP contribution in [0.5, 0.6) is 0 Å². The lowest BCUT2D eigenvalue weighted by Crippen LogP contribution is -2.26. The molecular formula is C10H12BrN3O. The Morgan fingerprint density at radius 2 is 2.33 bits per heavy atom. The number of hydrogen-bond donors (Lipinski definition) is 2. The molecule has 0 radical (unpaired) electrons. The maximum absolute atomic E-state index is 11.8. The molecule has 0 aliphatic heterocycles. The van der Waals surface area contributed by atoms with Gasteiger partial charge in [0.25, 0.3) is 5.91 Å². The normalized spacial score (nSPS) is 14.8. The molecular weight excluding hydrogens is 258 g/mol. The van der Waals surface area contributed by atoms with Crippen LogP contribution in [0.2, 0.25) is 0 Å². The van der Waals surface area contributed by atoms with E-state index in [0.29, 0.717) is 17.4 Å². The Morgan fingerprint density at radius 1 is 1.60 bits per heavy atom. The van der Waals surface area contributed by atoms with Crippen molar-refractivity contribution < 1.29 is 4.79 Å². The number of nitrogens with zero attached hydrogens (tertiary/aromatic N) is 1. The molecule has 1 aliphatic rings. The number of aromatic nitrogens is 1. The molecule has 2 rings (SSSR count). The Kier molecular flexibility index (Phi) is 2.90. The van der Waals surface area contributed by atoms with Gasteiger partial charge in [0.15, 0.2) is 0 Å². The Bertz CT molecular complexity index is 390. The van der Waals surface area contributed by atoms with E-state index in [9.17, 15) is 4.79 Å². The number of carbonyl (C=O) groups is 1. The first-order valence-corrected chi connectivity index (χ1v) is 5.64. The van der Waals surface area contributed by atoms with Crippen LogP contribution in [0, 0.1) is 0 Å². The van der Waals surface area contributed by atoms with Gasteiger partial charge in [-0.25, -0.2) is 4.98 Å². The zero-order valence-electron chi connectivity index (χ0n) is 8.38. The van der Waals surface area contributed by atoms with Gasteiger partial charge < -0.3 is 10.6 Å². The maximum Gasteiger partial charge on any atom is 0.255 e. The highest BCUT2D eigenvalue weighted by molar-refractivity contribution is 9.10. The minimum absolute atomic E-state index is 0.0596. The smallest absolute Gasteiger partial charge is 0.255 e. The van der Waals surface area contributed by atoms with Gasteiger partial charge in [0.1, 0.15) is 5.82 Å². The summed E-state index contributed by atoms with van der Waals surface area (Å²) in [5, 5.41) is 5.84. The van der Waals surface area contributed by atoms with Crippen LogP contribution in [0.3, 0.4) is 0 Å². The van der Waals surface area contributed by atoms with Crippen molar-refractivity contribution in [3.63, 3.8) is 0 Å². The second-order valence-corrected chi connectivity index (χ2v) is 4.46. The van der Waals surface area contributed by atoms with Crippen LogP contribution >= 0.6 is 15.9 Å². The van der Waals surface area contributed by atoms with Crippen molar-refractivity contribution in [1.82, 2.24) is 10.3 Å². The van der Waals surface area contributed by atoms with E-state index in [-0.39, 0.29) is 5.91 Å². The van der Waals surface area contributed by atoms with E-state index in [4.69, 9.17) is 0 Å². The summed E-state index contributed by atoms with van der Waals surface area (Å²) in [7, 11) is 1.75. The van der Waals surface area contributed by atoms with E-state index in [1.54, 1.807) is 19.3 Å². The molecule has 4 nitrogen and oxygen atoms in total. The van der Waals surface area contributed by atoms with Crippen LogP contribution in [0.15, 0.2) is 16.7 Å². The molecule has 1 aromatic heterocycles. The Hall–Kier alpha value is -1.10. The van der Waals surface area contributed by atoms with Gasteiger partial charge in [0.2, 0.25) is 0 Å². The molecule has 0 bridgehead atoms. The molecule has 0 saturated heterocycles. The molecule has 1 amide bonds. The lowest BCUT2D eigenvalue weighted by molar-refractivity contribution is 0.0951. The van der Waals surface area contributed by atoms with Crippen molar-refractivity contribution >= 4 is 27.7 Å². The quantitative estimate of drug-likeness (QED) is 0.880. The molecule has 2 N–H and O–H groups in total. The van der Waals surface area contributed by atoms with Crippen molar-refractivity contribution in [3.05, 3.63) is 22.3 Å². The Morgan fingerprint density at radius 3 is 2.93 bits per heavy atom. The Balaban J connectivity index is 2.23. The molecule has 5 heteroatoms. The monoisotopic (exact) mass is 269 g/mol. The zero-order valence-corrected chi connectivity index (χ0v) is 9.97. The molecule has 80 valence electrons. The predicted octanol–water partition coefficient (Wildman–Crippen LogP) is 1.78. The fraction of sp³-hybridized carbons (Fsp3) is 0.400.